The van der Waals surface area contributed by atoms with Gasteiger partial charge in [0, 0.05) is 16.7 Å². The SMILES string of the molecule is C=CCCC(N)CSc1cccc(C)c1. The summed E-state index contributed by atoms with van der Waals surface area (Å²) < 4.78 is 0. The second kappa shape index (κ2) is 6.70. The van der Waals surface area contributed by atoms with Crippen LogP contribution in [-0.4, -0.2) is 11.8 Å². The third-order valence-electron chi connectivity index (χ3n) is 2.20. The summed E-state index contributed by atoms with van der Waals surface area (Å²) in [6.07, 6.45) is 3.97. The van der Waals surface area contributed by atoms with Gasteiger partial charge in [-0.1, -0.05) is 23.8 Å². The minimum Gasteiger partial charge on any atom is -0.327 e. The number of hydrogen-bond acceptors (Lipinski definition) is 2. The molecule has 0 aromatic heterocycles. The Labute approximate surface area is 96.8 Å². The average molecular weight is 221 g/mol. The Morgan fingerprint density at radius 1 is 1.53 bits per heavy atom. The summed E-state index contributed by atoms with van der Waals surface area (Å²) in [6, 6.07) is 8.81. The highest BCUT2D eigenvalue weighted by Gasteiger charge is 2.02. The van der Waals surface area contributed by atoms with Crippen LogP contribution in [0.1, 0.15) is 18.4 Å². The monoisotopic (exact) mass is 221 g/mol. The molecule has 15 heavy (non-hydrogen) atoms. The van der Waals surface area contributed by atoms with Crippen molar-refractivity contribution in [2.24, 2.45) is 5.73 Å². The van der Waals surface area contributed by atoms with Crippen LogP contribution in [0.5, 0.6) is 0 Å². The predicted molar refractivity (Wildman–Crippen MR) is 69.3 cm³/mol. The summed E-state index contributed by atoms with van der Waals surface area (Å²) in [4.78, 5) is 1.31. The van der Waals surface area contributed by atoms with E-state index in [1.165, 1.54) is 10.5 Å². The van der Waals surface area contributed by atoms with Crippen molar-refractivity contribution in [2.75, 3.05) is 5.75 Å². The van der Waals surface area contributed by atoms with Gasteiger partial charge in [-0.2, -0.15) is 0 Å². The van der Waals surface area contributed by atoms with E-state index in [2.05, 4.69) is 37.8 Å². The van der Waals surface area contributed by atoms with Crippen LogP contribution in [0.4, 0.5) is 0 Å². The maximum absolute atomic E-state index is 5.98. The number of hydrogen-bond donors (Lipinski definition) is 1. The van der Waals surface area contributed by atoms with Gasteiger partial charge in [0.25, 0.3) is 0 Å². The fourth-order valence-electron chi connectivity index (χ4n) is 1.32. The second-order valence-electron chi connectivity index (χ2n) is 3.75. The van der Waals surface area contributed by atoms with Crippen molar-refractivity contribution in [3.8, 4) is 0 Å². The molecule has 0 spiro atoms. The lowest BCUT2D eigenvalue weighted by Crippen LogP contribution is -2.22. The lowest BCUT2D eigenvalue weighted by molar-refractivity contribution is 0.685. The normalized spacial score (nSPS) is 12.4. The van der Waals surface area contributed by atoms with Crippen molar-refractivity contribution < 1.29 is 0 Å². The Bertz CT molecular complexity index is 309. The molecule has 2 heteroatoms. The molecule has 0 aliphatic heterocycles. The van der Waals surface area contributed by atoms with Gasteiger partial charge in [0.2, 0.25) is 0 Å². The minimum atomic E-state index is 0.272. The Kier molecular flexibility index (Phi) is 5.51. The number of rotatable bonds is 6. The van der Waals surface area contributed by atoms with E-state index >= 15 is 0 Å². The minimum absolute atomic E-state index is 0.272. The highest BCUT2D eigenvalue weighted by atomic mass is 32.2. The topological polar surface area (TPSA) is 26.0 Å². The number of benzene rings is 1. The number of allylic oxidation sites excluding steroid dienone is 1. The molecule has 0 aliphatic rings. The van der Waals surface area contributed by atoms with Gasteiger partial charge in [0.1, 0.15) is 0 Å². The molecule has 1 aromatic rings. The first-order chi connectivity index (χ1) is 7.22. The van der Waals surface area contributed by atoms with Crippen LogP contribution in [0.25, 0.3) is 0 Å². The van der Waals surface area contributed by atoms with Gasteiger partial charge >= 0.3 is 0 Å². The standard InChI is InChI=1S/C13H19NS/c1-3-4-7-12(14)10-15-13-8-5-6-11(2)9-13/h3,5-6,8-9,12H,1,4,7,10,14H2,2H3. The molecule has 0 heterocycles. The summed E-state index contributed by atoms with van der Waals surface area (Å²) in [6.45, 7) is 5.81. The number of aryl methyl sites for hydroxylation is 1. The van der Waals surface area contributed by atoms with Gasteiger partial charge < -0.3 is 5.73 Å². The third kappa shape index (κ3) is 5.05. The van der Waals surface area contributed by atoms with Crippen molar-refractivity contribution in [1.82, 2.24) is 0 Å². The molecule has 1 unspecified atom stereocenters. The van der Waals surface area contributed by atoms with Gasteiger partial charge in [0.05, 0.1) is 0 Å². The van der Waals surface area contributed by atoms with Gasteiger partial charge in [-0.15, -0.1) is 18.3 Å². The number of thioether (sulfide) groups is 1. The van der Waals surface area contributed by atoms with Crippen LogP contribution in [0, 0.1) is 6.92 Å². The molecule has 1 rings (SSSR count). The van der Waals surface area contributed by atoms with E-state index in [0.29, 0.717) is 0 Å². The zero-order chi connectivity index (χ0) is 11.1. The third-order valence-corrected chi connectivity index (χ3v) is 3.38. The smallest absolute Gasteiger partial charge is 0.0136 e. The van der Waals surface area contributed by atoms with Crippen molar-refractivity contribution in [3.63, 3.8) is 0 Å². The first-order valence-corrected chi connectivity index (χ1v) is 6.27. The van der Waals surface area contributed by atoms with E-state index in [1.807, 2.05) is 17.8 Å². The molecule has 1 aromatic carbocycles. The van der Waals surface area contributed by atoms with Crippen LogP contribution in [-0.2, 0) is 0 Å². The molecule has 0 saturated heterocycles. The van der Waals surface area contributed by atoms with Crippen molar-refractivity contribution in [2.45, 2.75) is 30.7 Å². The van der Waals surface area contributed by atoms with Crippen LogP contribution < -0.4 is 5.73 Å². The maximum Gasteiger partial charge on any atom is 0.0136 e. The van der Waals surface area contributed by atoms with Crippen molar-refractivity contribution in [3.05, 3.63) is 42.5 Å². The molecule has 0 saturated carbocycles. The molecule has 0 amide bonds. The fraction of sp³-hybridized carbons (Fsp3) is 0.385. The van der Waals surface area contributed by atoms with Gasteiger partial charge in [-0.05, 0) is 31.9 Å². The summed E-state index contributed by atoms with van der Waals surface area (Å²) in [5.74, 6) is 0.983. The van der Waals surface area contributed by atoms with E-state index < -0.39 is 0 Å². The summed E-state index contributed by atoms with van der Waals surface area (Å²) >= 11 is 1.83. The van der Waals surface area contributed by atoms with Crippen molar-refractivity contribution >= 4 is 11.8 Å². The Morgan fingerprint density at radius 2 is 2.33 bits per heavy atom. The van der Waals surface area contributed by atoms with Crippen LogP contribution in [0.3, 0.4) is 0 Å². The Hall–Kier alpha value is -0.730. The van der Waals surface area contributed by atoms with Crippen LogP contribution >= 0.6 is 11.8 Å². The van der Waals surface area contributed by atoms with E-state index in [-0.39, 0.29) is 6.04 Å². The molecule has 0 aliphatic carbocycles. The van der Waals surface area contributed by atoms with Crippen LogP contribution in [0.2, 0.25) is 0 Å². The largest absolute Gasteiger partial charge is 0.327 e. The summed E-state index contributed by atoms with van der Waals surface area (Å²) in [5.41, 5.74) is 7.28. The quantitative estimate of drug-likeness (QED) is 0.588. The molecular formula is C13H19NS. The second-order valence-corrected chi connectivity index (χ2v) is 4.85. The van der Waals surface area contributed by atoms with E-state index in [1.54, 1.807) is 0 Å². The lowest BCUT2D eigenvalue weighted by atomic mass is 10.2. The first kappa shape index (κ1) is 12.3. The maximum atomic E-state index is 5.98. The fourth-order valence-corrected chi connectivity index (χ4v) is 2.34. The molecule has 2 N–H and O–H groups in total. The highest BCUT2D eigenvalue weighted by Crippen LogP contribution is 2.20. The molecule has 0 bridgehead atoms. The molecule has 82 valence electrons. The predicted octanol–water partition coefficient (Wildman–Crippen LogP) is 3.38. The zero-order valence-electron chi connectivity index (χ0n) is 9.28. The molecule has 0 fully saturated rings. The average Bonchev–Trinajstić information content (AvgIpc) is 2.23. The van der Waals surface area contributed by atoms with Crippen molar-refractivity contribution in [1.29, 1.82) is 0 Å². The first-order valence-electron chi connectivity index (χ1n) is 5.28. The Morgan fingerprint density at radius 3 is 3.00 bits per heavy atom. The summed E-state index contributed by atoms with van der Waals surface area (Å²) in [7, 11) is 0. The molecule has 1 nitrogen and oxygen atoms in total. The van der Waals surface area contributed by atoms with Crippen LogP contribution in [0.15, 0.2) is 41.8 Å². The highest BCUT2D eigenvalue weighted by molar-refractivity contribution is 7.99. The summed E-state index contributed by atoms with van der Waals surface area (Å²) in [5, 5.41) is 0. The Balaban J connectivity index is 2.33. The van der Waals surface area contributed by atoms with E-state index in [9.17, 15) is 0 Å². The van der Waals surface area contributed by atoms with Gasteiger partial charge in [-0.25, -0.2) is 0 Å². The molecule has 1 atom stereocenters. The van der Waals surface area contributed by atoms with E-state index in [0.717, 1.165) is 18.6 Å². The lowest BCUT2D eigenvalue weighted by Gasteiger charge is -2.09. The molecule has 0 radical (unpaired) electrons. The van der Waals surface area contributed by atoms with E-state index in [4.69, 9.17) is 5.73 Å². The number of nitrogens with two attached hydrogens (primary N) is 1. The zero-order valence-corrected chi connectivity index (χ0v) is 10.1. The van der Waals surface area contributed by atoms with Gasteiger partial charge in [-0.3, -0.25) is 0 Å². The van der Waals surface area contributed by atoms with Gasteiger partial charge in [0.15, 0.2) is 0 Å². The molecular weight excluding hydrogens is 202 g/mol.